The predicted molar refractivity (Wildman–Crippen MR) is 201 cm³/mol. The van der Waals surface area contributed by atoms with Crippen LogP contribution < -0.4 is 0 Å². The number of aromatic nitrogens is 5. The second-order valence-corrected chi connectivity index (χ2v) is 12.7. The first-order chi connectivity index (χ1) is 24.1. The third-order valence-corrected chi connectivity index (χ3v) is 9.84. The van der Waals surface area contributed by atoms with Crippen LogP contribution in [0.5, 0.6) is 0 Å². The minimum Gasteiger partial charge on any atom is -0.367 e. The molecule has 3 aromatic heterocycles. The Balaban J connectivity index is 0.00000336. The van der Waals surface area contributed by atoms with E-state index in [1.165, 1.54) is 21.9 Å². The second-order valence-electron chi connectivity index (χ2n) is 12.7. The number of benzene rings is 7. The van der Waals surface area contributed by atoms with E-state index in [-0.39, 0.29) is 21.1 Å². The number of para-hydroxylation sites is 4. The monoisotopic (exact) mass is 822 g/mol. The first-order valence-corrected chi connectivity index (χ1v) is 16.5. The number of fused-ring (bicyclic) bond motifs is 6. The SMILES string of the molecule is Cn1c(-c2[c-]c(-n3c4[c-]c(-c5nc6ccccc6n5C)ccc4c4cc(-c5ccc6ccccc6c5)ccc43)ccc2)nc2ccccc21.[Pt+2]. The number of aryl methyl sites for hydroxylation is 2. The number of nitrogens with zero attached hydrogens (tertiary/aromatic N) is 5. The Kier molecular flexibility index (Phi) is 7.08. The van der Waals surface area contributed by atoms with Crippen LogP contribution in [0.2, 0.25) is 0 Å². The molecular weight excluding hydrogens is 794 g/mol. The molecule has 0 radical (unpaired) electrons. The Labute approximate surface area is 303 Å². The van der Waals surface area contributed by atoms with Crippen LogP contribution in [0.25, 0.3) is 94.2 Å². The number of imidazole rings is 2. The van der Waals surface area contributed by atoms with Gasteiger partial charge in [-0.15, -0.1) is 53.6 Å². The molecule has 10 rings (SSSR count). The van der Waals surface area contributed by atoms with E-state index < -0.39 is 0 Å². The van der Waals surface area contributed by atoms with Crippen LogP contribution in [-0.4, -0.2) is 23.7 Å². The van der Waals surface area contributed by atoms with Gasteiger partial charge in [-0.1, -0.05) is 78.2 Å². The first kappa shape index (κ1) is 30.3. The van der Waals surface area contributed by atoms with Gasteiger partial charge in [-0.3, -0.25) is 9.97 Å². The van der Waals surface area contributed by atoms with Crippen LogP contribution in [0.15, 0.2) is 140 Å². The Hall–Kier alpha value is -5.77. The summed E-state index contributed by atoms with van der Waals surface area (Å²) < 4.78 is 6.58. The molecule has 10 aromatic rings. The topological polar surface area (TPSA) is 40.6 Å². The van der Waals surface area contributed by atoms with Crippen molar-refractivity contribution in [3.8, 4) is 39.6 Å². The fourth-order valence-corrected chi connectivity index (χ4v) is 7.36. The van der Waals surface area contributed by atoms with Crippen molar-refractivity contribution in [1.82, 2.24) is 23.7 Å². The molecule has 0 atom stereocenters. The molecular formula is C44H29N5Pt. The van der Waals surface area contributed by atoms with Crippen molar-refractivity contribution in [3.05, 3.63) is 152 Å². The molecule has 6 heteroatoms. The minimum absolute atomic E-state index is 0. The molecule has 50 heavy (non-hydrogen) atoms. The van der Waals surface area contributed by atoms with Gasteiger partial charge in [0.15, 0.2) is 0 Å². The van der Waals surface area contributed by atoms with Crippen molar-refractivity contribution in [3.63, 3.8) is 0 Å². The largest absolute Gasteiger partial charge is 2.00 e. The number of rotatable bonds is 4. The number of hydrogen-bond donors (Lipinski definition) is 0. The van der Waals surface area contributed by atoms with Crippen molar-refractivity contribution in [2.45, 2.75) is 0 Å². The summed E-state index contributed by atoms with van der Waals surface area (Å²) in [7, 11) is 4.14. The van der Waals surface area contributed by atoms with Crippen LogP contribution in [0.3, 0.4) is 0 Å². The van der Waals surface area contributed by atoms with Gasteiger partial charge in [0.1, 0.15) is 0 Å². The molecule has 3 heterocycles. The maximum atomic E-state index is 5.01. The molecule has 0 spiro atoms. The Morgan fingerprint density at radius 2 is 1.10 bits per heavy atom. The smallest absolute Gasteiger partial charge is 0.367 e. The van der Waals surface area contributed by atoms with Gasteiger partial charge < -0.3 is 13.7 Å². The molecule has 0 saturated heterocycles. The van der Waals surface area contributed by atoms with Crippen molar-refractivity contribution >= 4 is 54.6 Å². The van der Waals surface area contributed by atoms with E-state index in [0.29, 0.717) is 0 Å². The molecule has 0 aliphatic heterocycles. The zero-order valence-electron chi connectivity index (χ0n) is 27.3. The summed E-state index contributed by atoms with van der Waals surface area (Å²) in [4.78, 5) is 10.00. The third-order valence-electron chi connectivity index (χ3n) is 9.84. The average molecular weight is 823 g/mol. The molecule has 7 aromatic carbocycles. The van der Waals surface area contributed by atoms with E-state index in [9.17, 15) is 0 Å². The predicted octanol–water partition coefficient (Wildman–Crippen LogP) is 10.3. The molecule has 0 fully saturated rings. The van der Waals surface area contributed by atoms with Gasteiger partial charge in [-0.05, 0) is 74.9 Å². The van der Waals surface area contributed by atoms with Gasteiger partial charge in [0.05, 0.1) is 33.7 Å². The standard InChI is InChI=1S/C44H29N5.Pt/c1-47-40-16-7-5-14-37(40)45-43(47)32-12-9-13-34(25-32)49-39-23-21-31(30-19-18-28-10-3-4-11-29(28)24-30)26-36(39)35-22-20-33(27-42(35)49)44-46-38-15-6-8-17-41(38)48(44)2;/h3-24,26H,1-2H3;/q-2;+2. The Bertz CT molecular complexity index is 2930. The molecule has 0 saturated carbocycles. The summed E-state index contributed by atoms with van der Waals surface area (Å²) in [6, 6.07) is 56.7. The van der Waals surface area contributed by atoms with Crippen LogP contribution in [0.4, 0.5) is 0 Å². The quantitative estimate of drug-likeness (QED) is 0.166. The molecule has 0 aliphatic carbocycles. The van der Waals surface area contributed by atoms with E-state index in [1.807, 2.05) is 12.1 Å². The summed E-state index contributed by atoms with van der Waals surface area (Å²) in [5.74, 6) is 1.76. The molecule has 0 bridgehead atoms. The van der Waals surface area contributed by atoms with Crippen molar-refractivity contribution in [2.24, 2.45) is 14.1 Å². The first-order valence-electron chi connectivity index (χ1n) is 16.5. The normalized spacial score (nSPS) is 11.6. The minimum atomic E-state index is 0. The molecule has 5 nitrogen and oxygen atoms in total. The molecule has 240 valence electrons. The maximum absolute atomic E-state index is 5.01. The van der Waals surface area contributed by atoms with Crippen molar-refractivity contribution in [2.75, 3.05) is 0 Å². The summed E-state index contributed by atoms with van der Waals surface area (Å²) in [6.45, 7) is 0. The van der Waals surface area contributed by atoms with Gasteiger partial charge in [0, 0.05) is 19.6 Å². The third kappa shape index (κ3) is 4.65. The van der Waals surface area contributed by atoms with Gasteiger partial charge in [-0.2, -0.15) is 0 Å². The summed E-state index contributed by atoms with van der Waals surface area (Å²) in [6.07, 6.45) is 0. The van der Waals surface area contributed by atoms with E-state index in [4.69, 9.17) is 9.97 Å². The average Bonchev–Trinajstić information content (AvgIpc) is 3.79. The second kappa shape index (κ2) is 11.7. The van der Waals surface area contributed by atoms with Crippen molar-refractivity contribution in [1.29, 1.82) is 0 Å². The molecule has 0 aliphatic rings. The van der Waals surface area contributed by atoms with E-state index in [2.05, 4.69) is 167 Å². The van der Waals surface area contributed by atoms with Gasteiger partial charge in [0.25, 0.3) is 0 Å². The number of hydrogen-bond acceptors (Lipinski definition) is 2. The fraction of sp³-hybridized carbons (Fsp3) is 0.0455. The van der Waals surface area contributed by atoms with Crippen LogP contribution in [0.1, 0.15) is 0 Å². The van der Waals surface area contributed by atoms with Crippen molar-refractivity contribution < 1.29 is 21.1 Å². The Morgan fingerprint density at radius 1 is 0.480 bits per heavy atom. The summed E-state index contributed by atoms with van der Waals surface area (Å²) >= 11 is 0. The maximum Gasteiger partial charge on any atom is 2.00 e. The zero-order chi connectivity index (χ0) is 32.6. The fourth-order valence-electron chi connectivity index (χ4n) is 7.36. The molecule has 0 N–H and O–H groups in total. The van der Waals surface area contributed by atoms with E-state index in [1.54, 1.807) is 0 Å². The van der Waals surface area contributed by atoms with Gasteiger partial charge >= 0.3 is 21.1 Å². The van der Waals surface area contributed by atoms with Gasteiger partial charge in [-0.25, -0.2) is 0 Å². The van der Waals surface area contributed by atoms with Crippen LogP contribution in [0, 0.1) is 12.1 Å². The zero-order valence-corrected chi connectivity index (χ0v) is 29.6. The van der Waals surface area contributed by atoms with Crippen LogP contribution in [-0.2, 0) is 35.2 Å². The summed E-state index contributed by atoms with van der Waals surface area (Å²) in [5.41, 5.74) is 11.4. The summed E-state index contributed by atoms with van der Waals surface area (Å²) in [5, 5.41) is 4.76. The molecule has 0 amide bonds. The van der Waals surface area contributed by atoms with Crippen LogP contribution >= 0.6 is 0 Å². The Morgan fingerprint density at radius 3 is 1.82 bits per heavy atom. The van der Waals surface area contributed by atoms with E-state index >= 15 is 0 Å². The van der Waals surface area contributed by atoms with E-state index in [0.717, 1.165) is 72.3 Å². The molecule has 0 unspecified atom stereocenters. The van der Waals surface area contributed by atoms with Gasteiger partial charge in [0.2, 0.25) is 0 Å².